The van der Waals surface area contributed by atoms with E-state index in [0.29, 0.717) is 10.6 Å². The van der Waals surface area contributed by atoms with Crippen LogP contribution in [0.1, 0.15) is 62.0 Å². The molecular weight excluding hydrogens is 312 g/mol. The van der Waals surface area contributed by atoms with Gasteiger partial charge in [-0.25, -0.2) is 0 Å². The highest BCUT2D eigenvalue weighted by Gasteiger charge is 2.31. The SMILES string of the molecule is CC(C)(CC(=O)Nc1sc2c(c1C#N)CCCCCC2)C(=O)O. The lowest BCUT2D eigenvalue weighted by atomic mass is 9.89. The molecule has 0 unspecified atom stereocenters. The van der Waals surface area contributed by atoms with Gasteiger partial charge in [0.1, 0.15) is 11.1 Å². The molecule has 0 radical (unpaired) electrons. The van der Waals surface area contributed by atoms with Crippen LogP contribution in [0.2, 0.25) is 0 Å². The molecule has 1 aliphatic carbocycles. The van der Waals surface area contributed by atoms with Gasteiger partial charge in [0.25, 0.3) is 0 Å². The lowest BCUT2D eigenvalue weighted by Crippen LogP contribution is -2.29. The Hall–Kier alpha value is -1.87. The molecule has 5 nitrogen and oxygen atoms in total. The topological polar surface area (TPSA) is 90.2 Å². The molecule has 1 aliphatic rings. The highest BCUT2D eigenvalue weighted by atomic mass is 32.1. The monoisotopic (exact) mass is 334 g/mol. The normalized spacial score (nSPS) is 15.0. The third-order valence-corrected chi connectivity index (χ3v) is 5.42. The number of hydrogen-bond donors (Lipinski definition) is 2. The van der Waals surface area contributed by atoms with Crippen LogP contribution in [0.15, 0.2) is 0 Å². The molecule has 124 valence electrons. The maximum absolute atomic E-state index is 12.2. The summed E-state index contributed by atoms with van der Waals surface area (Å²) in [6, 6.07) is 2.22. The second-order valence-electron chi connectivity index (χ2n) is 6.65. The van der Waals surface area contributed by atoms with Gasteiger partial charge in [0, 0.05) is 11.3 Å². The summed E-state index contributed by atoms with van der Waals surface area (Å²) in [4.78, 5) is 24.5. The molecule has 1 aromatic heterocycles. The van der Waals surface area contributed by atoms with E-state index in [-0.39, 0.29) is 12.3 Å². The molecule has 0 saturated carbocycles. The maximum Gasteiger partial charge on any atom is 0.309 e. The predicted octanol–water partition coefficient (Wildman–Crippen LogP) is 3.72. The third kappa shape index (κ3) is 4.11. The molecule has 0 aromatic carbocycles. The summed E-state index contributed by atoms with van der Waals surface area (Å²) in [6.07, 6.45) is 6.27. The van der Waals surface area contributed by atoms with Crippen molar-refractivity contribution in [1.29, 1.82) is 5.26 Å². The van der Waals surface area contributed by atoms with Crippen LogP contribution < -0.4 is 5.32 Å². The number of amides is 1. The van der Waals surface area contributed by atoms with E-state index in [9.17, 15) is 14.9 Å². The van der Waals surface area contributed by atoms with E-state index < -0.39 is 11.4 Å². The van der Waals surface area contributed by atoms with Gasteiger partial charge in [-0.15, -0.1) is 11.3 Å². The molecule has 0 atom stereocenters. The van der Waals surface area contributed by atoms with Crippen molar-refractivity contribution in [2.24, 2.45) is 5.41 Å². The van der Waals surface area contributed by atoms with Crippen molar-refractivity contribution in [2.75, 3.05) is 5.32 Å². The first-order valence-electron chi connectivity index (χ1n) is 7.93. The first-order valence-corrected chi connectivity index (χ1v) is 8.74. The Labute approximate surface area is 140 Å². The van der Waals surface area contributed by atoms with Gasteiger partial charge < -0.3 is 10.4 Å². The third-order valence-electron chi connectivity index (χ3n) is 4.22. The minimum Gasteiger partial charge on any atom is -0.481 e. The summed E-state index contributed by atoms with van der Waals surface area (Å²) >= 11 is 1.47. The van der Waals surface area contributed by atoms with Crippen molar-refractivity contribution in [3.8, 4) is 6.07 Å². The Kier molecular flexibility index (Phi) is 5.42. The molecule has 0 saturated heterocycles. The van der Waals surface area contributed by atoms with Gasteiger partial charge in [0.05, 0.1) is 11.0 Å². The average Bonchev–Trinajstić information content (AvgIpc) is 2.74. The smallest absolute Gasteiger partial charge is 0.309 e. The molecule has 0 fully saturated rings. The highest BCUT2D eigenvalue weighted by molar-refractivity contribution is 7.16. The zero-order valence-corrected chi connectivity index (χ0v) is 14.4. The largest absolute Gasteiger partial charge is 0.481 e. The number of aryl methyl sites for hydroxylation is 1. The molecule has 6 heteroatoms. The lowest BCUT2D eigenvalue weighted by molar-refractivity contribution is -0.148. The van der Waals surface area contributed by atoms with E-state index in [2.05, 4.69) is 11.4 Å². The van der Waals surface area contributed by atoms with Crippen molar-refractivity contribution in [2.45, 2.75) is 58.8 Å². The molecule has 0 spiro atoms. The highest BCUT2D eigenvalue weighted by Crippen LogP contribution is 2.37. The number of nitriles is 1. The van der Waals surface area contributed by atoms with E-state index in [1.807, 2.05) is 0 Å². The van der Waals surface area contributed by atoms with Crippen molar-refractivity contribution in [3.63, 3.8) is 0 Å². The van der Waals surface area contributed by atoms with E-state index >= 15 is 0 Å². The van der Waals surface area contributed by atoms with Crippen LogP contribution in [-0.2, 0) is 22.4 Å². The Morgan fingerprint density at radius 2 is 1.91 bits per heavy atom. The Morgan fingerprint density at radius 3 is 2.52 bits per heavy atom. The first kappa shape index (κ1) is 17.5. The number of carbonyl (C=O) groups excluding carboxylic acids is 1. The van der Waals surface area contributed by atoms with Crippen molar-refractivity contribution < 1.29 is 14.7 Å². The van der Waals surface area contributed by atoms with Gasteiger partial charge in [0.2, 0.25) is 5.91 Å². The molecular formula is C17H22N2O3S. The zero-order chi connectivity index (χ0) is 17.0. The number of fused-ring (bicyclic) bond motifs is 1. The summed E-state index contributed by atoms with van der Waals surface area (Å²) in [5.74, 6) is -1.37. The molecule has 1 aromatic rings. The number of nitrogens with one attached hydrogen (secondary N) is 1. The van der Waals surface area contributed by atoms with Crippen LogP contribution in [0.3, 0.4) is 0 Å². The standard InChI is InChI=1S/C17H22N2O3S/c1-17(2,16(21)22)9-14(20)19-15-12(10-18)11-7-5-3-4-6-8-13(11)23-15/h3-9H2,1-2H3,(H,19,20)(H,21,22). The second-order valence-corrected chi connectivity index (χ2v) is 7.75. The van der Waals surface area contributed by atoms with Gasteiger partial charge >= 0.3 is 5.97 Å². The number of carbonyl (C=O) groups is 2. The Morgan fingerprint density at radius 1 is 1.26 bits per heavy atom. The van der Waals surface area contributed by atoms with Crippen molar-refractivity contribution in [1.82, 2.24) is 0 Å². The zero-order valence-electron chi connectivity index (χ0n) is 13.6. The molecule has 1 amide bonds. The fourth-order valence-electron chi connectivity index (χ4n) is 2.77. The van der Waals surface area contributed by atoms with Crippen molar-refractivity contribution in [3.05, 3.63) is 16.0 Å². The molecule has 0 aliphatic heterocycles. The molecule has 2 rings (SSSR count). The van der Waals surface area contributed by atoms with Crippen LogP contribution in [0.5, 0.6) is 0 Å². The van der Waals surface area contributed by atoms with Crippen LogP contribution in [0.25, 0.3) is 0 Å². The number of carboxylic acid groups (broad SMARTS) is 1. The maximum atomic E-state index is 12.2. The first-order chi connectivity index (χ1) is 10.8. The Bertz CT molecular complexity index is 656. The fraction of sp³-hybridized carbons (Fsp3) is 0.588. The van der Waals surface area contributed by atoms with Crippen molar-refractivity contribution >= 4 is 28.2 Å². The van der Waals surface area contributed by atoms with Crippen LogP contribution in [-0.4, -0.2) is 17.0 Å². The minimum atomic E-state index is -1.12. The van der Waals surface area contributed by atoms with Gasteiger partial charge in [-0.3, -0.25) is 9.59 Å². The van der Waals surface area contributed by atoms with Gasteiger partial charge in [0.15, 0.2) is 0 Å². The predicted molar refractivity (Wildman–Crippen MR) is 89.6 cm³/mol. The van der Waals surface area contributed by atoms with Gasteiger partial charge in [-0.05, 0) is 45.1 Å². The number of hydrogen-bond acceptors (Lipinski definition) is 4. The van der Waals surface area contributed by atoms with E-state index in [0.717, 1.165) is 31.2 Å². The van der Waals surface area contributed by atoms with E-state index in [1.165, 1.54) is 42.9 Å². The number of anilines is 1. The van der Waals surface area contributed by atoms with Gasteiger partial charge in [-0.1, -0.05) is 12.8 Å². The van der Waals surface area contributed by atoms with E-state index in [1.54, 1.807) is 0 Å². The summed E-state index contributed by atoms with van der Waals surface area (Å²) < 4.78 is 0. The molecule has 1 heterocycles. The number of aliphatic carboxylic acids is 1. The summed E-state index contributed by atoms with van der Waals surface area (Å²) in [7, 11) is 0. The summed E-state index contributed by atoms with van der Waals surface area (Å²) in [5, 5.41) is 21.9. The molecule has 2 N–H and O–H groups in total. The fourth-order valence-corrected chi connectivity index (χ4v) is 4.03. The Balaban J connectivity index is 2.20. The summed E-state index contributed by atoms with van der Waals surface area (Å²) in [5.41, 5.74) is 0.515. The molecule has 23 heavy (non-hydrogen) atoms. The lowest BCUT2D eigenvalue weighted by Gasteiger charge is -2.17. The number of carboxylic acids is 1. The second kappa shape index (κ2) is 7.14. The van der Waals surface area contributed by atoms with Crippen LogP contribution in [0, 0.1) is 16.7 Å². The van der Waals surface area contributed by atoms with Crippen LogP contribution in [0.4, 0.5) is 5.00 Å². The van der Waals surface area contributed by atoms with E-state index in [4.69, 9.17) is 5.11 Å². The minimum absolute atomic E-state index is 0.115. The average molecular weight is 334 g/mol. The van der Waals surface area contributed by atoms with Gasteiger partial charge in [-0.2, -0.15) is 5.26 Å². The number of rotatable bonds is 4. The quantitative estimate of drug-likeness (QED) is 0.878. The number of thiophene rings is 1. The van der Waals surface area contributed by atoms with Crippen LogP contribution >= 0.6 is 11.3 Å². The summed E-state index contributed by atoms with van der Waals surface area (Å²) in [6.45, 7) is 3.04. The number of nitrogens with zero attached hydrogens (tertiary/aromatic N) is 1. The molecule has 0 bridgehead atoms.